The lowest BCUT2D eigenvalue weighted by Crippen LogP contribution is -2.42. The van der Waals surface area contributed by atoms with Gasteiger partial charge in [0.1, 0.15) is 0 Å². The molecule has 8 nitrogen and oxygen atoms in total. The molecule has 3 rings (SSSR count). The number of fused-ring (bicyclic) bond motifs is 1. The average Bonchev–Trinajstić information content (AvgIpc) is 3.12. The van der Waals surface area contributed by atoms with E-state index in [1.807, 2.05) is 21.6 Å². The van der Waals surface area contributed by atoms with Crippen molar-refractivity contribution in [3.8, 4) is 0 Å². The zero-order chi connectivity index (χ0) is 17.3. The maximum atomic E-state index is 11.4. The topological polar surface area (TPSA) is 85.0 Å². The Kier molecular flexibility index (Phi) is 4.75. The zero-order valence-electron chi connectivity index (χ0n) is 14.3. The van der Waals surface area contributed by atoms with Gasteiger partial charge in [0.2, 0.25) is 10.0 Å². The van der Waals surface area contributed by atoms with Gasteiger partial charge in [-0.15, -0.1) is 0 Å². The fourth-order valence-corrected chi connectivity index (χ4v) is 3.48. The molecule has 24 heavy (non-hydrogen) atoms. The summed E-state index contributed by atoms with van der Waals surface area (Å²) in [6, 6.07) is 2.31. The number of nitrogens with one attached hydrogen (secondary N) is 1. The summed E-state index contributed by atoms with van der Waals surface area (Å²) in [6.07, 6.45) is 6.91. The van der Waals surface area contributed by atoms with Crippen LogP contribution in [0.25, 0.3) is 0 Å². The lowest BCUT2D eigenvalue weighted by Gasteiger charge is -2.33. The Bertz CT molecular complexity index is 795. The summed E-state index contributed by atoms with van der Waals surface area (Å²) in [5.41, 5.74) is 2.25. The van der Waals surface area contributed by atoms with Crippen LogP contribution in [-0.4, -0.2) is 52.2 Å². The Morgan fingerprint density at radius 2 is 2.17 bits per heavy atom. The van der Waals surface area contributed by atoms with Crippen molar-refractivity contribution in [2.75, 3.05) is 19.3 Å². The van der Waals surface area contributed by atoms with E-state index in [0.717, 1.165) is 30.9 Å². The van der Waals surface area contributed by atoms with Crippen molar-refractivity contribution in [2.24, 2.45) is 0 Å². The van der Waals surface area contributed by atoms with E-state index in [4.69, 9.17) is 0 Å². The molecular weight excluding hydrogens is 328 g/mol. The third-order valence-electron chi connectivity index (χ3n) is 4.12. The van der Waals surface area contributed by atoms with E-state index in [1.54, 1.807) is 6.20 Å². The van der Waals surface area contributed by atoms with Gasteiger partial charge in [0, 0.05) is 50.2 Å². The summed E-state index contributed by atoms with van der Waals surface area (Å²) in [5, 5.41) is 8.73. The Labute approximate surface area is 142 Å². The van der Waals surface area contributed by atoms with Gasteiger partial charge < -0.3 is 0 Å². The second kappa shape index (κ2) is 6.66. The van der Waals surface area contributed by atoms with Crippen LogP contribution in [0.3, 0.4) is 0 Å². The smallest absolute Gasteiger partial charge is 0.208 e. The molecule has 0 fully saturated rings. The van der Waals surface area contributed by atoms with E-state index in [2.05, 4.69) is 39.9 Å². The molecule has 9 heteroatoms. The lowest BCUT2D eigenvalue weighted by molar-refractivity contribution is 0.168. The Morgan fingerprint density at radius 3 is 2.83 bits per heavy atom. The molecule has 1 atom stereocenters. The highest BCUT2D eigenvalue weighted by molar-refractivity contribution is 7.88. The molecule has 0 radical (unpaired) electrons. The molecule has 1 aliphatic rings. The number of rotatable bonds is 6. The first kappa shape index (κ1) is 17.1. The van der Waals surface area contributed by atoms with Crippen molar-refractivity contribution in [1.29, 1.82) is 0 Å². The van der Waals surface area contributed by atoms with Gasteiger partial charge in [0.05, 0.1) is 24.2 Å². The first-order valence-electron chi connectivity index (χ1n) is 8.04. The minimum atomic E-state index is -3.21. The van der Waals surface area contributed by atoms with Crippen LogP contribution >= 0.6 is 0 Å². The summed E-state index contributed by atoms with van der Waals surface area (Å²) < 4.78 is 29.3. The van der Waals surface area contributed by atoms with Gasteiger partial charge in [0.15, 0.2) is 0 Å². The maximum absolute atomic E-state index is 11.4. The molecule has 0 aromatic carbocycles. The molecule has 3 heterocycles. The summed E-state index contributed by atoms with van der Waals surface area (Å²) in [7, 11) is -3.21. The van der Waals surface area contributed by atoms with Crippen molar-refractivity contribution in [1.82, 2.24) is 29.2 Å². The van der Waals surface area contributed by atoms with Crippen LogP contribution in [0.2, 0.25) is 0 Å². The number of hydrogen-bond acceptors (Lipinski definition) is 5. The average molecular weight is 352 g/mol. The van der Waals surface area contributed by atoms with Gasteiger partial charge in [-0.25, -0.2) is 13.1 Å². The van der Waals surface area contributed by atoms with Gasteiger partial charge in [-0.05, 0) is 19.9 Å². The quantitative estimate of drug-likeness (QED) is 0.830. The molecular formula is C15H24N6O2S. The van der Waals surface area contributed by atoms with E-state index in [-0.39, 0.29) is 6.04 Å². The standard InChI is InChI=1S/C15H24N6O2S/c1-12(2)20-9-13(6-17-20)8-19-10-14-4-5-16-21(14)15(11-19)7-18-24(3,22)23/h4-6,9,12,15,18H,7-8,10-11H2,1-3H3/t15-/m0/s1. The van der Waals surface area contributed by atoms with Crippen molar-refractivity contribution in [3.05, 3.63) is 35.9 Å². The van der Waals surface area contributed by atoms with E-state index in [1.165, 1.54) is 6.26 Å². The predicted molar refractivity (Wildman–Crippen MR) is 90.8 cm³/mol. The van der Waals surface area contributed by atoms with Crippen molar-refractivity contribution < 1.29 is 8.42 Å². The van der Waals surface area contributed by atoms with Gasteiger partial charge in [-0.1, -0.05) is 0 Å². The second-order valence-electron chi connectivity index (χ2n) is 6.63. The highest BCUT2D eigenvalue weighted by Crippen LogP contribution is 2.22. The molecule has 1 N–H and O–H groups in total. The molecule has 0 saturated carbocycles. The van der Waals surface area contributed by atoms with Gasteiger partial charge in [-0.3, -0.25) is 14.3 Å². The predicted octanol–water partition coefficient (Wildman–Crippen LogP) is 0.767. The van der Waals surface area contributed by atoms with E-state index < -0.39 is 10.0 Å². The lowest BCUT2D eigenvalue weighted by atomic mass is 10.1. The monoisotopic (exact) mass is 352 g/mol. The molecule has 2 aromatic rings. The summed E-state index contributed by atoms with van der Waals surface area (Å²) in [5.74, 6) is 0. The van der Waals surface area contributed by atoms with Crippen LogP contribution in [0.4, 0.5) is 0 Å². The molecule has 2 aromatic heterocycles. The van der Waals surface area contributed by atoms with Gasteiger partial charge >= 0.3 is 0 Å². The van der Waals surface area contributed by atoms with Crippen LogP contribution in [0, 0.1) is 0 Å². The fraction of sp³-hybridized carbons (Fsp3) is 0.600. The molecule has 0 spiro atoms. The van der Waals surface area contributed by atoms with E-state index in [9.17, 15) is 8.42 Å². The number of sulfonamides is 1. The second-order valence-corrected chi connectivity index (χ2v) is 8.47. The highest BCUT2D eigenvalue weighted by Gasteiger charge is 2.26. The van der Waals surface area contributed by atoms with Crippen LogP contribution < -0.4 is 4.72 Å². The molecule has 0 bridgehead atoms. The third kappa shape index (κ3) is 4.03. The number of nitrogens with zero attached hydrogens (tertiary/aromatic N) is 5. The minimum absolute atomic E-state index is 0.0152. The van der Waals surface area contributed by atoms with Crippen LogP contribution in [0.1, 0.15) is 37.2 Å². The van der Waals surface area contributed by atoms with Crippen LogP contribution in [0.15, 0.2) is 24.7 Å². The Hall–Kier alpha value is -1.71. The maximum Gasteiger partial charge on any atom is 0.208 e. The number of hydrogen-bond donors (Lipinski definition) is 1. The van der Waals surface area contributed by atoms with Gasteiger partial charge in [-0.2, -0.15) is 10.2 Å². The van der Waals surface area contributed by atoms with Crippen molar-refractivity contribution >= 4 is 10.0 Å². The molecule has 0 amide bonds. The first-order chi connectivity index (χ1) is 11.3. The fourth-order valence-electron chi connectivity index (χ4n) is 2.98. The zero-order valence-corrected chi connectivity index (χ0v) is 15.1. The molecule has 0 saturated heterocycles. The van der Waals surface area contributed by atoms with Crippen LogP contribution in [-0.2, 0) is 23.1 Å². The Balaban J connectivity index is 1.71. The first-order valence-corrected chi connectivity index (χ1v) is 9.93. The third-order valence-corrected chi connectivity index (χ3v) is 4.82. The summed E-state index contributed by atoms with van der Waals surface area (Å²) >= 11 is 0. The largest absolute Gasteiger partial charge is 0.291 e. The molecule has 132 valence electrons. The van der Waals surface area contributed by atoms with Crippen molar-refractivity contribution in [2.45, 2.75) is 39.0 Å². The summed E-state index contributed by atoms with van der Waals surface area (Å²) in [4.78, 5) is 2.30. The normalized spacial score (nSPS) is 18.9. The molecule has 0 aliphatic carbocycles. The van der Waals surface area contributed by atoms with Crippen LogP contribution in [0.5, 0.6) is 0 Å². The highest BCUT2D eigenvalue weighted by atomic mass is 32.2. The number of aromatic nitrogens is 4. The molecule has 0 unspecified atom stereocenters. The summed E-state index contributed by atoms with van der Waals surface area (Å²) in [6.45, 7) is 6.86. The van der Waals surface area contributed by atoms with E-state index >= 15 is 0 Å². The van der Waals surface area contributed by atoms with Crippen molar-refractivity contribution in [3.63, 3.8) is 0 Å². The Morgan fingerprint density at radius 1 is 1.38 bits per heavy atom. The van der Waals surface area contributed by atoms with E-state index in [0.29, 0.717) is 12.6 Å². The molecule has 1 aliphatic heterocycles. The SMILES string of the molecule is CC(C)n1cc(CN2Cc3ccnn3[C@@H](CNS(C)(=O)=O)C2)cn1. The van der Waals surface area contributed by atoms with Gasteiger partial charge in [0.25, 0.3) is 0 Å². The minimum Gasteiger partial charge on any atom is -0.291 e.